The Morgan fingerprint density at radius 3 is 2.43 bits per heavy atom. The molecule has 0 aliphatic heterocycles. The fraction of sp³-hybridized carbons (Fsp3) is 0.148. The van der Waals surface area contributed by atoms with Crippen LogP contribution in [-0.4, -0.2) is 38.4 Å². The third kappa shape index (κ3) is 4.50. The third-order valence-electron chi connectivity index (χ3n) is 5.85. The van der Waals surface area contributed by atoms with Gasteiger partial charge >= 0.3 is 0 Å². The Hall–Kier alpha value is -3.39. The van der Waals surface area contributed by atoms with Crippen molar-refractivity contribution in [3.63, 3.8) is 0 Å². The summed E-state index contributed by atoms with van der Waals surface area (Å²) < 4.78 is 35.7. The molecule has 178 valence electrons. The molecule has 0 unspecified atom stereocenters. The van der Waals surface area contributed by atoms with Crippen molar-refractivity contribution < 1.29 is 13.2 Å². The molecule has 0 saturated carbocycles. The van der Waals surface area contributed by atoms with Gasteiger partial charge in [0.05, 0.1) is 11.4 Å². The smallest absolute Gasteiger partial charge is 0.226 e. The van der Waals surface area contributed by atoms with Crippen LogP contribution in [0.2, 0.25) is 5.02 Å². The number of halogens is 1. The second-order valence-corrected chi connectivity index (χ2v) is 10.4. The van der Waals surface area contributed by atoms with Gasteiger partial charge in [0.15, 0.2) is 5.03 Å². The van der Waals surface area contributed by atoms with Crippen molar-refractivity contribution in [1.82, 2.24) is 15.1 Å². The van der Waals surface area contributed by atoms with E-state index < -0.39 is 9.84 Å². The Bertz CT molecular complexity index is 1610. The minimum Gasteiger partial charge on any atom is -0.490 e. The van der Waals surface area contributed by atoms with Crippen LogP contribution >= 0.6 is 11.6 Å². The summed E-state index contributed by atoms with van der Waals surface area (Å²) in [6.07, 6.45) is 0. The molecule has 1 heterocycles. The fourth-order valence-corrected chi connectivity index (χ4v) is 5.89. The standard InChI is InChI=1S/C27H24ClN3O3S/c1-29-16-17-34-24-10-5-9-23-26(24)31(18-19-12-14-21(28)15-13-19)30-27(23)35(32,33)25-11-4-7-20-6-2-3-8-22(20)25/h2-15,29H,16-18H2,1H3. The highest BCUT2D eigenvalue weighted by atomic mass is 35.5. The van der Waals surface area contributed by atoms with Gasteiger partial charge < -0.3 is 10.1 Å². The largest absolute Gasteiger partial charge is 0.490 e. The van der Waals surface area contributed by atoms with Crippen LogP contribution in [0.15, 0.2) is 94.9 Å². The summed E-state index contributed by atoms with van der Waals surface area (Å²) >= 11 is 6.06. The number of hydrogen-bond acceptors (Lipinski definition) is 5. The lowest BCUT2D eigenvalue weighted by molar-refractivity contribution is 0.320. The van der Waals surface area contributed by atoms with E-state index in [9.17, 15) is 8.42 Å². The minimum absolute atomic E-state index is 0.0110. The number of hydrogen-bond donors (Lipinski definition) is 1. The van der Waals surface area contributed by atoms with Gasteiger partial charge in [0, 0.05) is 22.3 Å². The van der Waals surface area contributed by atoms with Crippen molar-refractivity contribution in [2.24, 2.45) is 0 Å². The molecule has 0 radical (unpaired) electrons. The van der Waals surface area contributed by atoms with E-state index in [2.05, 4.69) is 10.4 Å². The number of benzene rings is 4. The molecule has 0 bridgehead atoms. The van der Waals surface area contributed by atoms with Crippen LogP contribution < -0.4 is 10.1 Å². The Kier molecular flexibility index (Phi) is 6.47. The zero-order chi connectivity index (χ0) is 24.4. The topological polar surface area (TPSA) is 73.2 Å². The van der Waals surface area contributed by atoms with Gasteiger partial charge in [0.25, 0.3) is 0 Å². The van der Waals surface area contributed by atoms with Crippen molar-refractivity contribution in [2.75, 3.05) is 20.2 Å². The SMILES string of the molecule is CNCCOc1cccc2c(S(=O)(=O)c3cccc4ccccc34)nn(Cc3ccc(Cl)cc3)c12. The molecule has 0 saturated heterocycles. The molecule has 6 nitrogen and oxygen atoms in total. The number of ether oxygens (including phenoxy) is 1. The molecule has 5 aromatic rings. The fourth-order valence-electron chi connectivity index (χ4n) is 4.16. The van der Waals surface area contributed by atoms with Crippen LogP contribution in [0.25, 0.3) is 21.7 Å². The van der Waals surface area contributed by atoms with E-state index in [1.807, 2.05) is 55.6 Å². The molecule has 0 amide bonds. The molecule has 0 aliphatic carbocycles. The molecule has 0 atom stereocenters. The number of likely N-dealkylation sites (N-methyl/N-ethyl adjacent to an activating group) is 1. The maximum Gasteiger partial charge on any atom is 0.226 e. The van der Waals surface area contributed by atoms with E-state index in [0.717, 1.165) is 10.9 Å². The van der Waals surface area contributed by atoms with Gasteiger partial charge in [-0.2, -0.15) is 5.10 Å². The summed E-state index contributed by atoms with van der Waals surface area (Å²) in [6, 6.07) is 25.6. The molecule has 5 rings (SSSR count). The molecule has 0 spiro atoms. The average molecular weight is 506 g/mol. The second-order valence-electron chi connectivity index (χ2n) is 8.17. The molecule has 4 aromatic carbocycles. The van der Waals surface area contributed by atoms with E-state index >= 15 is 0 Å². The first-order chi connectivity index (χ1) is 17.0. The Balaban J connectivity index is 1.70. The summed E-state index contributed by atoms with van der Waals surface area (Å²) in [5.74, 6) is 0.582. The lowest BCUT2D eigenvalue weighted by Crippen LogP contribution is -2.16. The first-order valence-corrected chi connectivity index (χ1v) is 13.1. The molecule has 0 aliphatic rings. The van der Waals surface area contributed by atoms with E-state index in [1.165, 1.54) is 0 Å². The van der Waals surface area contributed by atoms with E-state index in [0.29, 0.717) is 46.8 Å². The van der Waals surface area contributed by atoms with Gasteiger partial charge in [-0.3, -0.25) is 4.68 Å². The highest BCUT2D eigenvalue weighted by Crippen LogP contribution is 2.35. The predicted octanol–water partition coefficient (Wildman–Crippen LogP) is 5.32. The quantitative estimate of drug-likeness (QED) is 0.289. The summed E-state index contributed by atoms with van der Waals surface area (Å²) in [7, 11) is -2.08. The van der Waals surface area contributed by atoms with Crippen molar-refractivity contribution in [3.05, 3.63) is 95.5 Å². The molecule has 0 fully saturated rings. The molecule has 1 N–H and O–H groups in total. The van der Waals surface area contributed by atoms with Gasteiger partial charge in [-0.05, 0) is 48.3 Å². The Labute approximate surface area is 209 Å². The van der Waals surface area contributed by atoms with Crippen molar-refractivity contribution in [3.8, 4) is 5.75 Å². The monoisotopic (exact) mass is 505 g/mol. The summed E-state index contributed by atoms with van der Waals surface area (Å²) in [5.41, 5.74) is 1.58. The second kappa shape index (κ2) is 9.70. The average Bonchev–Trinajstić information content (AvgIpc) is 3.25. The van der Waals surface area contributed by atoms with Gasteiger partial charge in [-0.25, -0.2) is 8.42 Å². The van der Waals surface area contributed by atoms with Crippen molar-refractivity contribution in [1.29, 1.82) is 0 Å². The van der Waals surface area contributed by atoms with E-state index in [4.69, 9.17) is 16.3 Å². The maximum atomic E-state index is 14.0. The van der Waals surface area contributed by atoms with Gasteiger partial charge in [-0.1, -0.05) is 66.2 Å². The zero-order valence-electron chi connectivity index (χ0n) is 19.1. The number of sulfone groups is 1. The van der Waals surface area contributed by atoms with Gasteiger partial charge in [-0.15, -0.1) is 0 Å². The number of para-hydroxylation sites is 1. The Morgan fingerprint density at radius 2 is 1.63 bits per heavy atom. The van der Waals surface area contributed by atoms with E-state index in [1.54, 1.807) is 41.1 Å². The molecular weight excluding hydrogens is 482 g/mol. The number of aromatic nitrogens is 2. The van der Waals surface area contributed by atoms with E-state index in [-0.39, 0.29) is 9.92 Å². The normalized spacial score (nSPS) is 11.8. The van der Waals surface area contributed by atoms with Gasteiger partial charge in [0.1, 0.15) is 17.9 Å². The highest BCUT2D eigenvalue weighted by Gasteiger charge is 2.28. The van der Waals surface area contributed by atoms with Crippen LogP contribution in [0.4, 0.5) is 0 Å². The highest BCUT2D eigenvalue weighted by molar-refractivity contribution is 7.91. The molecular formula is C27H24ClN3O3S. The predicted molar refractivity (Wildman–Crippen MR) is 139 cm³/mol. The summed E-state index contributed by atoms with van der Waals surface area (Å²) in [6.45, 7) is 1.46. The van der Waals surface area contributed by atoms with Crippen LogP contribution in [0.1, 0.15) is 5.56 Å². The molecule has 1 aromatic heterocycles. The summed E-state index contributed by atoms with van der Waals surface area (Å²) in [5, 5.41) is 10.4. The van der Waals surface area contributed by atoms with Gasteiger partial charge in [0.2, 0.25) is 9.84 Å². The number of nitrogens with one attached hydrogen (secondary N) is 1. The Morgan fingerprint density at radius 1 is 0.914 bits per heavy atom. The number of rotatable bonds is 8. The molecule has 35 heavy (non-hydrogen) atoms. The van der Waals surface area contributed by atoms with Crippen LogP contribution in [0, 0.1) is 0 Å². The lowest BCUT2D eigenvalue weighted by atomic mass is 10.1. The third-order valence-corrected chi connectivity index (χ3v) is 7.85. The van der Waals surface area contributed by atoms with Crippen LogP contribution in [0.3, 0.4) is 0 Å². The first-order valence-electron chi connectivity index (χ1n) is 11.2. The molecule has 8 heteroatoms. The number of nitrogens with zero attached hydrogens (tertiary/aromatic N) is 2. The van der Waals surface area contributed by atoms with Crippen molar-refractivity contribution >= 4 is 43.1 Å². The first kappa shape index (κ1) is 23.4. The lowest BCUT2D eigenvalue weighted by Gasteiger charge is -2.10. The number of fused-ring (bicyclic) bond motifs is 2. The zero-order valence-corrected chi connectivity index (χ0v) is 20.7. The minimum atomic E-state index is -3.93. The summed E-state index contributed by atoms with van der Waals surface area (Å²) in [4.78, 5) is 0.232. The van der Waals surface area contributed by atoms with Crippen molar-refractivity contribution in [2.45, 2.75) is 16.5 Å². The maximum absolute atomic E-state index is 14.0. The van der Waals surface area contributed by atoms with Crippen LogP contribution in [0.5, 0.6) is 5.75 Å². The van der Waals surface area contributed by atoms with Crippen LogP contribution in [-0.2, 0) is 16.4 Å².